The van der Waals surface area contributed by atoms with Crippen LogP contribution in [-0.2, 0) is 0 Å². The highest BCUT2D eigenvalue weighted by molar-refractivity contribution is 9.10. The van der Waals surface area contributed by atoms with Gasteiger partial charge in [0.2, 0.25) is 0 Å². The Kier molecular flexibility index (Phi) is 3.44. The molecule has 0 amide bonds. The van der Waals surface area contributed by atoms with Crippen LogP contribution in [0.1, 0.15) is 17.4 Å². The first-order chi connectivity index (χ1) is 8.11. The lowest BCUT2D eigenvalue weighted by molar-refractivity contribution is 0.386. The fourth-order valence-electron chi connectivity index (χ4n) is 1.51. The van der Waals surface area contributed by atoms with Crippen LogP contribution in [0.3, 0.4) is 0 Å². The molecule has 0 bridgehead atoms. The van der Waals surface area contributed by atoms with E-state index in [1.54, 1.807) is 18.3 Å². The van der Waals surface area contributed by atoms with Crippen molar-refractivity contribution < 1.29 is 9.13 Å². The molecule has 2 rings (SSSR count). The number of halogens is 2. The zero-order chi connectivity index (χ0) is 12.4. The molecule has 0 aliphatic carbocycles. The molecular formula is C11H11BrFN3O. The number of H-pyrrole nitrogens is 1. The molecule has 0 radical (unpaired) electrons. The summed E-state index contributed by atoms with van der Waals surface area (Å²) in [5.41, 5.74) is 6.60. The minimum atomic E-state index is -0.498. The van der Waals surface area contributed by atoms with E-state index in [0.29, 0.717) is 11.4 Å². The first-order valence-corrected chi connectivity index (χ1v) is 5.70. The summed E-state index contributed by atoms with van der Waals surface area (Å²) in [5.74, 6) is 0.328. The highest BCUT2D eigenvalue weighted by atomic mass is 79.9. The fourth-order valence-corrected chi connectivity index (χ4v) is 1.81. The van der Waals surface area contributed by atoms with Gasteiger partial charge in [-0.05, 0) is 33.6 Å². The van der Waals surface area contributed by atoms with Crippen LogP contribution in [0.15, 0.2) is 29.0 Å². The molecule has 0 aliphatic rings. The number of benzene rings is 1. The number of rotatable bonds is 3. The van der Waals surface area contributed by atoms with E-state index in [-0.39, 0.29) is 5.75 Å². The van der Waals surface area contributed by atoms with Crippen LogP contribution in [0.25, 0.3) is 0 Å². The van der Waals surface area contributed by atoms with Gasteiger partial charge in [-0.3, -0.25) is 0 Å². The number of imidazole rings is 1. The van der Waals surface area contributed by atoms with Gasteiger partial charge in [0.25, 0.3) is 0 Å². The van der Waals surface area contributed by atoms with Gasteiger partial charge in [-0.1, -0.05) is 6.07 Å². The second-order valence-electron chi connectivity index (χ2n) is 3.49. The molecule has 1 heterocycles. The van der Waals surface area contributed by atoms with Gasteiger partial charge in [0.15, 0.2) is 11.6 Å². The number of hydrogen-bond donors (Lipinski definition) is 2. The van der Waals surface area contributed by atoms with Crippen LogP contribution in [0.2, 0.25) is 0 Å². The van der Waals surface area contributed by atoms with Crippen molar-refractivity contribution in [3.8, 4) is 5.75 Å². The number of nitrogens with two attached hydrogens (primary N) is 1. The third kappa shape index (κ3) is 2.48. The maximum Gasteiger partial charge on any atom is 0.165 e. The second-order valence-corrected chi connectivity index (χ2v) is 4.34. The molecule has 1 atom stereocenters. The van der Waals surface area contributed by atoms with Crippen molar-refractivity contribution >= 4 is 15.9 Å². The van der Waals surface area contributed by atoms with E-state index in [0.717, 1.165) is 4.60 Å². The normalized spacial score (nSPS) is 12.5. The van der Waals surface area contributed by atoms with Crippen LogP contribution < -0.4 is 10.5 Å². The molecule has 0 spiro atoms. The number of aromatic amines is 1. The molecule has 3 N–H and O–H groups in total. The van der Waals surface area contributed by atoms with E-state index in [9.17, 15) is 4.39 Å². The van der Waals surface area contributed by atoms with Gasteiger partial charge in [0.1, 0.15) is 10.4 Å². The summed E-state index contributed by atoms with van der Waals surface area (Å²) in [6.45, 7) is 0. The number of nitrogens with zero attached hydrogens (tertiary/aromatic N) is 1. The van der Waals surface area contributed by atoms with E-state index in [1.165, 1.54) is 13.2 Å². The Morgan fingerprint density at radius 1 is 1.53 bits per heavy atom. The molecular weight excluding hydrogens is 289 g/mol. The number of hydrogen-bond acceptors (Lipinski definition) is 3. The maximum atomic E-state index is 13.5. The average Bonchev–Trinajstić information content (AvgIpc) is 2.75. The molecule has 0 saturated carbocycles. The first kappa shape index (κ1) is 12.1. The van der Waals surface area contributed by atoms with Gasteiger partial charge >= 0.3 is 0 Å². The molecule has 6 heteroatoms. The van der Waals surface area contributed by atoms with E-state index in [1.807, 2.05) is 0 Å². The fraction of sp³-hybridized carbons (Fsp3) is 0.182. The van der Waals surface area contributed by atoms with E-state index >= 15 is 0 Å². The van der Waals surface area contributed by atoms with E-state index < -0.39 is 11.9 Å². The van der Waals surface area contributed by atoms with Crippen molar-refractivity contribution in [3.05, 3.63) is 46.2 Å². The third-order valence-electron chi connectivity index (χ3n) is 2.39. The summed E-state index contributed by atoms with van der Waals surface area (Å²) in [5, 5.41) is 0. The Balaban J connectivity index is 2.31. The highest BCUT2D eigenvalue weighted by Gasteiger charge is 2.14. The molecule has 1 unspecified atom stereocenters. The Bertz CT molecular complexity index is 529. The molecule has 0 fully saturated rings. The van der Waals surface area contributed by atoms with Crippen LogP contribution in [-0.4, -0.2) is 17.1 Å². The van der Waals surface area contributed by atoms with Gasteiger partial charge in [0.05, 0.1) is 19.3 Å². The molecule has 0 aliphatic heterocycles. The molecule has 4 nitrogen and oxygen atoms in total. The lowest BCUT2D eigenvalue weighted by Crippen LogP contribution is -2.13. The number of nitrogens with one attached hydrogen (secondary N) is 1. The Hall–Kier alpha value is -1.40. The topological polar surface area (TPSA) is 63.9 Å². The van der Waals surface area contributed by atoms with Gasteiger partial charge in [-0.15, -0.1) is 0 Å². The summed E-state index contributed by atoms with van der Waals surface area (Å²) in [7, 11) is 1.42. The molecule has 90 valence electrons. The van der Waals surface area contributed by atoms with Crippen molar-refractivity contribution in [2.24, 2.45) is 5.73 Å². The third-order valence-corrected chi connectivity index (χ3v) is 2.80. The second kappa shape index (κ2) is 4.85. The number of methoxy groups -OCH3 is 1. The Labute approximate surface area is 106 Å². The van der Waals surface area contributed by atoms with Crippen molar-refractivity contribution in [1.82, 2.24) is 9.97 Å². The molecule has 17 heavy (non-hydrogen) atoms. The van der Waals surface area contributed by atoms with Crippen LogP contribution in [0.4, 0.5) is 4.39 Å². The summed E-state index contributed by atoms with van der Waals surface area (Å²) >= 11 is 3.24. The molecule has 1 aromatic carbocycles. The van der Waals surface area contributed by atoms with E-state index in [4.69, 9.17) is 10.5 Å². The van der Waals surface area contributed by atoms with Gasteiger partial charge in [-0.2, -0.15) is 0 Å². The summed E-state index contributed by atoms with van der Waals surface area (Å²) < 4.78 is 19.1. The molecule has 0 saturated heterocycles. The van der Waals surface area contributed by atoms with Crippen LogP contribution in [0, 0.1) is 5.82 Å². The van der Waals surface area contributed by atoms with Gasteiger partial charge in [-0.25, -0.2) is 9.37 Å². The van der Waals surface area contributed by atoms with Crippen molar-refractivity contribution in [1.29, 1.82) is 0 Å². The number of ether oxygens (including phenoxy) is 1. The zero-order valence-electron chi connectivity index (χ0n) is 9.08. The van der Waals surface area contributed by atoms with Crippen LogP contribution >= 0.6 is 15.9 Å². The van der Waals surface area contributed by atoms with Crippen molar-refractivity contribution in [3.63, 3.8) is 0 Å². The Morgan fingerprint density at radius 2 is 2.29 bits per heavy atom. The van der Waals surface area contributed by atoms with Gasteiger partial charge < -0.3 is 15.5 Å². The standard InChI is InChI=1S/C11H11BrFN3O/c1-17-8-3-2-6(4-7(8)13)10(14)11-15-5-9(12)16-11/h2-5,10H,14H2,1H3,(H,15,16). The average molecular weight is 300 g/mol. The lowest BCUT2D eigenvalue weighted by Gasteiger charge is -2.10. The van der Waals surface area contributed by atoms with Gasteiger partial charge in [0, 0.05) is 0 Å². The quantitative estimate of drug-likeness (QED) is 0.914. The SMILES string of the molecule is COc1ccc(C(N)c2ncc(Br)[nH]2)cc1F. The maximum absolute atomic E-state index is 13.5. The van der Waals surface area contributed by atoms with Crippen LogP contribution in [0.5, 0.6) is 5.75 Å². The van der Waals surface area contributed by atoms with Crippen molar-refractivity contribution in [2.45, 2.75) is 6.04 Å². The highest BCUT2D eigenvalue weighted by Crippen LogP contribution is 2.23. The summed E-state index contributed by atoms with van der Waals surface area (Å²) in [6.07, 6.45) is 1.61. The lowest BCUT2D eigenvalue weighted by atomic mass is 10.1. The minimum Gasteiger partial charge on any atom is -0.494 e. The first-order valence-electron chi connectivity index (χ1n) is 4.91. The van der Waals surface area contributed by atoms with Crippen molar-refractivity contribution in [2.75, 3.05) is 7.11 Å². The smallest absolute Gasteiger partial charge is 0.165 e. The predicted octanol–water partition coefficient (Wildman–Crippen LogP) is 2.37. The molecule has 2 aromatic rings. The largest absolute Gasteiger partial charge is 0.494 e. The summed E-state index contributed by atoms with van der Waals surface area (Å²) in [4.78, 5) is 7.03. The summed E-state index contributed by atoms with van der Waals surface area (Å²) in [6, 6.07) is 4.10. The minimum absolute atomic E-state index is 0.196. The monoisotopic (exact) mass is 299 g/mol. The Morgan fingerprint density at radius 3 is 2.82 bits per heavy atom. The number of aromatic nitrogens is 2. The van der Waals surface area contributed by atoms with E-state index in [2.05, 4.69) is 25.9 Å². The zero-order valence-corrected chi connectivity index (χ0v) is 10.7. The predicted molar refractivity (Wildman–Crippen MR) is 65.3 cm³/mol. The molecule has 1 aromatic heterocycles.